The number of morpholine rings is 1. The van der Waals surface area contributed by atoms with E-state index in [4.69, 9.17) is 24.3 Å². The van der Waals surface area contributed by atoms with Crippen molar-refractivity contribution in [3.05, 3.63) is 35.5 Å². The van der Waals surface area contributed by atoms with Gasteiger partial charge in [0, 0.05) is 42.1 Å². The van der Waals surface area contributed by atoms with Gasteiger partial charge >= 0.3 is 12.2 Å². The lowest BCUT2D eigenvalue weighted by Crippen LogP contribution is -2.37. The number of aryl methyl sites for hydroxylation is 1. The van der Waals surface area contributed by atoms with Gasteiger partial charge in [0.1, 0.15) is 5.82 Å². The zero-order valence-electron chi connectivity index (χ0n) is 20.4. The fourth-order valence-corrected chi connectivity index (χ4v) is 3.58. The number of hydrogen-bond acceptors (Lipinski definition) is 8. The first kappa shape index (κ1) is 26.9. The molecule has 10 nitrogen and oxygen atoms in total. The van der Waals surface area contributed by atoms with Crippen LogP contribution >= 0.6 is 0 Å². The molecule has 1 aromatic carbocycles. The summed E-state index contributed by atoms with van der Waals surface area (Å²) in [5.74, 6) is 1.70. The number of amides is 2. The van der Waals surface area contributed by atoms with E-state index in [1.807, 2.05) is 38.4 Å². The number of nitrogens with zero attached hydrogens (tertiary/aromatic N) is 4. The molecule has 1 aromatic heterocycles. The highest BCUT2D eigenvalue weighted by atomic mass is 16.5. The highest BCUT2D eigenvalue weighted by molar-refractivity contribution is 5.89. The molecule has 2 heterocycles. The molecule has 10 heteroatoms. The Morgan fingerprint density at radius 1 is 1.15 bits per heavy atom. The molecule has 2 amide bonds. The number of ether oxygens (including phenoxy) is 1. The highest BCUT2D eigenvalue weighted by Gasteiger charge is 2.19. The van der Waals surface area contributed by atoms with E-state index in [0.717, 1.165) is 74.0 Å². The van der Waals surface area contributed by atoms with Gasteiger partial charge in [0.25, 0.3) is 0 Å². The van der Waals surface area contributed by atoms with Gasteiger partial charge < -0.3 is 25.2 Å². The summed E-state index contributed by atoms with van der Waals surface area (Å²) in [6.07, 6.45) is 2.02. The molecule has 0 spiro atoms. The third-order valence-corrected chi connectivity index (χ3v) is 5.34. The molecule has 2 aromatic rings. The van der Waals surface area contributed by atoms with Crippen molar-refractivity contribution in [1.82, 2.24) is 20.2 Å². The number of rotatable bonds is 8. The Balaban J connectivity index is 0.00000129. The van der Waals surface area contributed by atoms with Gasteiger partial charge in [0.15, 0.2) is 5.82 Å². The second-order valence-corrected chi connectivity index (χ2v) is 8.09. The van der Waals surface area contributed by atoms with Crippen LogP contribution in [-0.2, 0) is 20.7 Å². The van der Waals surface area contributed by atoms with E-state index in [2.05, 4.69) is 34.3 Å². The molecular formula is C24H34N6O4. The van der Waals surface area contributed by atoms with Gasteiger partial charge in [0.05, 0.1) is 13.2 Å². The molecule has 0 aliphatic carbocycles. The Kier molecular flexibility index (Phi) is 11.1. The van der Waals surface area contributed by atoms with Crippen molar-refractivity contribution < 1.29 is 19.1 Å². The summed E-state index contributed by atoms with van der Waals surface area (Å²) >= 11 is 0. The highest BCUT2D eigenvalue weighted by Crippen LogP contribution is 2.26. The molecule has 0 bridgehead atoms. The number of benzene rings is 1. The SMILES string of the molecule is CCc1nc(-c2ccc(NC(=O)NCCCN(C)C)cc2)nc(N2CCOCC2)c1C.O=C=O. The van der Waals surface area contributed by atoms with Gasteiger partial charge in [0.2, 0.25) is 0 Å². The van der Waals surface area contributed by atoms with Crippen LogP contribution in [0.4, 0.5) is 16.3 Å². The number of urea groups is 1. The second-order valence-electron chi connectivity index (χ2n) is 8.09. The minimum Gasteiger partial charge on any atom is -0.378 e. The van der Waals surface area contributed by atoms with Crippen molar-refractivity contribution in [2.45, 2.75) is 26.7 Å². The summed E-state index contributed by atoms with van der Waals surface area (Å²) in [5.41, 5.74) is 3.87. The molecule has 2 N–H and O–H groups in total. The number of hydrogen-bond donors (Lipinski definition) is 2. The minimum atomic E-state index is -0.194. The normalized spacial score (nSPS) is 13.0. The standard InChI is InChI=1S/C23H34N6O2.CO2/c1-5-20-17(2)22(29-13-15-31-16-14-29)27-21(26-20)18-7-9-19(10-8-18)25-23(30)24-11-6-12-28(3)4;2-1-3/h7-10H,5-6,11-16H2,1-4H3,(H2,24,25,30);. The fourth-order valence-electron chi connectivity index (χ4n) is 3.58. The lowest BCUT2D eigenvalue weighted by atomic mass is 10.1. The number of nitrogens with one attached hydrogen (secondary N) is 2. The summed E-state index contributed by atoms with van der Waals surface area (Å²) in [5, 5.41) is 5.76. The third kappa shape index (κ3) is 8.22. The van der Waals surface area contributed by atoms with Gasteiger partial charge in [-0.05, 0) is 64.7 Å². The van der Waals surface area contributed by atoms with Crippen LogP contribution in [0.1, 0.15) is 24.6 Å². The molecule has 1 aliphatic heterocycles. The van der Waals surface area contributed by atoms with Crippen LogP contribution in [0.15, 0.2) is 24.3 Å². The van der Waals surface area contributed by atoms with Crippen LogP contribution in [-0.4, -0.2) is 80.5 Å². The van der Waals surface area contributed by atoms with E-state index >= 15 is 0 Å². The summed E-state index contributed by atoms with van der Waals surface area (Å²) in [6.45, 7) is 8.92. The number of aromatic nitrogens is 2. The van der Waals surface area contributed by atoms with E-state index < -0.39 is 0 Å². The number of carbonyl (C=O) groups is 1. The second kappa shape index (κ2) is 14.0. The molecule has 1 saturated heterocycles. The van der Waals surface area contributed by atoms with Crippen LogP contribution < -0.4 is 15.5 Å². The lowest BCUT2D eigenvalue weighted by molar-refractivity contribution is -0.191. The summed E-state index contributed by atoms with van der Waals surface area (Å²) in [4.78, 5) is 42.4. The molecule has 0 atom stereocenters. The molecule has 0 unspecified atom stereocenters. The molecule has 1 fully saturated rings. The van der Waals surface area contributed by atoms with Gasteiger partial charge in [-0.25, -0.2) is 14.8 Å². The zero-order valence-corrected chi connectivity index (χ0v) is 20.4. The number of anilines is 2. The third-order valence-electron chi connectivity index (χ3n) is 5.34. The Hall–Kier alpha value is -3.33. The van der Waals surface area contributed by atoms with E-state index in [-0.39, 0.29) is 12.2 Å². The predicted molar refractivity (Wildman–Crippen MR) is 130 cm³/mol. The molecule has 0 radical (unpaired) electrons. The average molecular weight is 471 g/mol. The van der Waals surface area contributed by atoms with Crippen molar-refractivity contribution in [3.8, 4) is 11.4 Å². The van der Waals surface area contributed by atoms with E-state index in [1.54, 1.807) is 0 Å². The topological polar surface area (TPSA) is 117 Å². The summed E-state index contributed by atoms with van der Waals surface area (Å²) in [6, 6.07) is 7.49. The molecule has 184 valence electrons. The maximum atomic E-state index is 12.1. The van der Waals surface area contributed by atoms with Gasteiger partial charge in [-0.3, -0.25) is 0 Å². The monoisotopic (exact) mass is 470 g/mol. The van der Waals surface area contributed by atoms with Crippen molar-refractivity contribution in [2.24, 2.45) is 0 Å². The van der Waals surface area contributed by atoms with Crippen molar-refractivity contribution in [2.75, 3.05) is 63.7 Å². The first-order valence-corrected chi connectivity index (χ1v) is 11.4. The van der Waals surface area contributed by atoms with Crippen LogP contribution in [0.5, 0.6) is 0 Å². The molecule has 34 heavy (non-hydrogen) atoms. The van der Waals surface area contributed by atoms with Crippen molar-refractivity contribution in [1.29, 1.82) is 0 Å². The molecular weight excluding hydrogens is 436 g/mol. The fraction of sp³-hybridized carbons (Fsp3) is 0.500. The Morgan fingerprint density at radius 2 is 1.79 bits per heavy atom. The summed E-state index contributed by atoms with van der Waals surface area (Å²) < 4.78 is 5.49. The van der Waals surface area contributed by atoms with Crippen LogP contribution in [0.2, 0.25) is 0 Å². The first-order valence-electron chi connectivity index (χ1n) is 11.4. The first-order chi connectivity index (χ1) is 16.4. The van der Waals surface area contributed by atoms with Crippen molar-refractivity contribution in [3.63, 3.8) is 0 Å². The minimum absolute atomic E-state index is 0.194. The Bertz CT molecular complexity index is 953. The van der Waals surface area contributed by atoms with E-state index in [9.17, 15) is 4.79 Å². The van der Waals surface area contributed by atoms with Gasteiger partial charge in [-0.1, -0.05) is 6.92 Å². The smallest absolute Gasteiger partial charge is 0.373 e. The predicted octanol–water partition coefficient (Wildman–Crippen LogP) is 2.34. The van der Waals surface area contributed by atoms with Gasteiger partial charge in [-0.15, -0.1) is 0 Å². The van der Waals surface area contributed by atoms with Crippen LogP contribution in [0.25, 0.3) is 11.4 Å². The van der Waals surface area contributed by atoms with Crippen molar-refractivity contribution >= 4 is 23.7 Å². The molecule has 0 saturated carbocycles. The Morgan fingerprint density at radius 3 is 2.38 bits per heavy atom. The lowest BCUT2D eigenvalue weighted by Gasteiger charge is -2.29. The van der Waals surface area contributed by atoms with E-state index in [0.29, 0.717) is 12.4 Å². The molecule has 1 aliphatic rings. The van der Waals surface area contributed by atoms with Gasteiger partial charge in [-0.2, -0.15) is 9.59 Å². The van der Waals surface area contributed by atoms with Crippen LogP contribution in [0.3, 0.4) is 0 Å². The largest absolute Gasteiger partial charge is 0.378 e. The van der Waals surface area contributed by atoms with Crippen LogP contribution in [0, 0.1) is 6.92 Å². The zero-order chi connectivity index (χ0) is 24.9. The Labute approximate surface area is 200 Å². The maximum absolute atomic E-state index is 12.1. The van der Waals surface area contributed by atoms with E-state index in [1.165, 1.54) is 0 Å². The average Bonchev–Trinajstić information content (AvgIpc) is 2.83. The summed E-state index contributed by atoms with van der Waals surface area (Å²) in [7, 11) is 4.04. The molecule has 3 rings (SSSR count). The number of carbonyl (C=O) groups excluding carboxylic acids is 3. The quantitative estimate of drug-likeness (QED) is 0.565. The maximum Gasteiger partial charge on any atom is 0.373 e.